The molecule has 1 fully saturated rings. The number of primary amides is 1. The van der Waals surface area contributed by atoms with Crippen LogP contribution in [0.5, 0.6) is 0 Å². The van der Waals surface area contributed by atoms with Gasteiger partial charge < -0.3 is 15.2 Å². The van der Waals surface area contributed by atoms with E-state index in [1.54, 1.807) is 15.8 Å². The summed E-state index contributed by atoms with van der Waals surface area (Å²) < 4.78 is 3.75. The highest BCUT2D eigenvalue weighted by molar-refractivity contribution is 5.96. The maximum Gasteiger partial charge on any atom is 0.255 e. The first-order valence-electron chi connectivity index (χ1n) is 8.56. The van der Waals surface area contributed by atoms with Crippen LogP contribution in [0.15, 0.2) is 18.5 Å². The third-order valence-electron chi connectivity index (χ3n) is 5.41. The largest absolute Gasteiger partial charge is 0.369 e. The molecule has 0 aromatic carbocycles. The number of amides is 2. The van der Waals surface area contributed by atoms with Crippen molar-refractivity contribution in [1.82, 2.24) is 19.2 Å². The SMILES string of the molecule is CCc1c(C(=O)N2C[C@H](C(N)=O)[C@@H](c3cnn(C)c3C)C2)ccn1C. The lowest BCUT2D eigenvalue weighted by Crippen LogP contribution is -2.32. The van der Waals surface area contributed by atoms with Gasteiger partial charge in [0.2, 0.25) is 5.91 Å². The summed E-state index contributed by atoms with van der Waals surface area (Å²) in [5.74, 6) is -0.898. The highest BCUT2D eigenvalue weighted by atomic mass is 16.2. The van der Waals surface area contributed by atoms with Crippen molar-refractivity contribution in [2.24, 2.45) is 25.7 Å². The Morgan fingerprint density at radius 3 is 2.60 bits per heavy atom. The van der Waals surface area contributed by atoms with Crippen LogP contribution in [0, 0.1) is 12.8 Å². The number of carbonyl (C=O) groups is 2. The van der Waals surface area contributed by atoms with Gasteiger partial charge in [-0.15, -0.1) is 0 Å². The Labute approximate surface area is 147 Å². The van der Waals surface area contributed by atoms with E-state index in [1.165, 1.54) is 0 Å². The molecule has 0 radical (unpaired) electrons. The second-order valence-corrected chi connectivity index (χ2v) is 6.77. The summed E-state index contributed by atoms with van der Waals surface area (Å²) in [5, 5.41) is 4.27. The Morgan fingerprint density at radius 1 is 1.32 bits per heavy atom. The maximum atomic E-state index is 13.0. The van der Waals surface area contributed by atoms with E-state index in [0.717, 1.165) is 23.4 Å². The fourth-order valence-electron chi connectivity index (χ4n) is 3.82. The number of hydrogen-bond acceptors (Lipinski definition) is 3. The zero-order valence-electron chi connectivity index (χ0n) is 15.2. The molecule has 7 nitrogen and oxygen atoms in total. The maximum absolute atomic E-state index is 13.0. The Hall–Kier alpha value is -2.57. The van der Waals surface area contributed by atoms with Gasteiger partial charge in [0.05, 0.1) is 17.7 Å². The van der Waals surface area contributed by atoms with Crippen molar-refractivity contribution in [2.75, 3.05) is 13.1 Å². The van der Waals surface area contributed by atoms with Crippen molar-refractivity contribution in [3.8, 4) is 0 Å². The summed E-state index contributed by atoms with van der Waals surface area (Å²) in [7, 11) is 3.81. The molecule has 2 amide bonds. The predicted octanol–water partition coefficient (Wildman–Crippen LogP) is 0.971. The average Bonchev–Trinajstić information content (AvgIpc) is 3.25. The molecule has 134 valence electrons. The van der Waals surface area contributed by atoms with Gasteiger partial charge in [-0.05, 0) is 25.0 Å². The Bertz CT molecular complexity index is 820. The van der Waals surface area contributed by atoms with Gasteiger partial charge in [-0.3, -0.25) is 14.3 Å². The van der Waals surface area contributed by atoms with Gasteiger partial charge in [0, 0.05) is 50.7 Å². The molecule has 3 heterocycles. The predicted molar refractivity (Wildman–Crippen MR) is 94.1 cm³/mol. The smallest absolute Gasteiger partial charge is 0.255 e. The van der Waals surface area contributed by atoms with E-state index in [-0.39, 0.29) is 23.7 Å². The fourth-order valence-corrected chi connectivity index (χ4v) is 3.82. The van der Waals surface area contributed by atoms with Crippen molar-refractivity contribution in [3.05, 3.63) is 41.0 Å². The molecular formula is C18H25N5O2. The zero-order valence-corrected chi connectivity index (χ0v) is 15.2. The van der Waals surface area contributed by atoms with Crippen LogP contribution in [-0.4, -0.2) is 44.2 Å². The standard InChI is InChI=1S/C18H25N5O2/c1-5-16-12(6-7-21(16)3)18(25)23-9-14(15(10-23)17(19)24)13-8-20-22(4)11(13)2/h6-8,14-15H,5,9-10H2,1-4H3,(H2,19,24)/t14-,15+/m1/s1. The molecule has 3 rings (SSSR count). The van der Waals surface area contributed by atoms with Gasteiger partial charge >= 0.3 is 0 Å². The minimum Gasteiger partial charge on any atom is -0.369 e. The number of nitrogens with two attached hydrogens (primary N) is 1. The van der Waals surface area contributed by atoms with Crippen LogP contribution in [0.2, 0.25) is 0 Å². The van der Waals surface area contributed by atoms with Gasteiger partial charge in [0.1, 0.15) is 0 Å². The lowest BCUT2D eigenvalue weighted by molar-refractivity contribution is -0.121. The molecule has 2 atom stereocenters. The lowest BCUT2D eigenvalue weighted by Gasteiger charge is -2.17. The van der Waals surface area contributed by atoms with Crippen molar-refractivity contribution in [1.29, 1.82) is 0 Å². The highest BCUT2D eigenvalue weighted by Crippen LogP contribution is 2.35. The number of nitrogens with zero attached hydrogens (tertiary/aromatic N) is 4. The fraction of sp³-hybridized carbons (Fsp3) is 0.500. The average molecular weight is 343 g/mol. The number of likely N-dealkylation sites (tertiary alicyclic amines) is 1. The van der Waals surface area contributed by atoms with E-state index in [1.807, 2.05) is 44.8 Å². The molecule has 25 heavy (non-hydrogen) atoms. The molecule has 1 aliphatic heterocycles. The van der Waals surface area contributed by atoms with E-state index in [9.17, 15) is 9.59 Å². The zero-order chi connectivity index (χ0) is 18.3. The number of aryl methyl sites for hydroxylation is 2. The summed E-state index contributed by atoms with van der Waals surface area (Å²) in [6.07, 6.45) is 4.46. The molecule has 0 aliphatic carbocycles. The minimum atomic E-state index is -0.388. The van der Waals surface area contributed by atoms with E-state index in [4.69, 9.17) is 5.73 Å². The van der Waals surface area contributed by atoms with E-state index in [2.05, 4.69) is 5.10 Å². The summed E-state index contributed by atoms with van der Waals surface area (Å²) in [4.78, 5) is 26.8. The van der Waals surface area contributed by atoms with Crippen LogP contribution in [0.4, 0.5) is 0 Å². The molecule has 2 N–H and O–H groups in total. The van der Waals surface area contributed by atoms with Gasteiger partial charge in [-0.2, -0.15) is 5.10 Å². The van der Waals surface area contributed by atoms with Crippen LogP contribution >= 0.6 is 0 Å². The van der Waals surface area contributed by atoms with Crippen molar-refractivity contribution in [2.45, 2.75) is 26.2 Å². The topological polar surface area (TPSA) is 86.2 Å². The third-order valence-corrected chi connectivity index (χ3v) is 5.41. The van der Waals surface area contributed by atoms with Gasteiger partial charge in [0.25, 0.3) is 5.91 Å². The molecule has 1 aliphatic rings. The summed E-state index contributed by atoms with van der Waals surface area (Å²) >= 11 is 0. The second kappa shape index (κ2) is 6.38. The first-order chi connectivity index (χ1) is 11.8. The molecular weight excluding hydrogens is 318 g/mol. The quantitative estimate of drug-likeness (QED) is 0.897. The molecule has 0 bridgehead atoms. The third kappa shape index (κ3) is 2.83. The second-order valence-electron chi connectivity index (χ2n) is 6.77. The van der Waals surface area contributed by atoms with Crippen LogP contribution in [0.1, 0.15) is 40.2 Å². The molecule has 0 spiro atoms. The number of rotatable bonds is 4. The van der Waals surface area contributed by atoms with Gasteiger partial charge in [0.15, 0.2) is 0 Å². The van der Waals surface area contributed by atoms with Crippen LogP contribution in [0.3, 0.4) is 0 Å². The Kier molecular flexibility index (Phi) is 4.41. The molecule has 2 aromatic heterocycles. The monoisotopic (exact) mass is 343 g/mol. The number of aromatic nitrogens is 3. The normalized spacial score (nSPS) is 20.2. The first kappa shape index (κ1) is 17.3. The van der Waals surface area contributed by atoms with Gasteiger partial charge in [-0.1, -0.05) is 6.92 Å². The highest BCUT2D eigenvalue weighted by Gasteiger charge is 2.41. The Morgan fingerprint density at radius 2 is 2.04 bits per heavy atom. The van der Waals surface area contributed by atoms with Gasteiger partial charge in [-0.25, -0.2) is 0 Å². The summed E-state index contributed by atoms with van der Waals surface area (Å²) in [6.45, 7) is 4.84. The van der Waals surface area contributed by atoms with Crippen molar-refractivity contribution in [3.63, 3.8) is 0 Å². The molecule has 1 saturated heterocycles. The summed E-state index contributed by atoms with van der Waals surface area (Å²) in [6, 6.07) is 1.85. The van der Waals surface area contributed by atoms with Crippen LogP contribution in [0.25, 0.3) is 0 Å². The first-order valence-corrected chi connectivity index (χ1v) is 8.56. The van der Waals surface area contributed by atoms with Crippen molar-refractivity contribution < 1.29 is 9.59 Å². The van der Waals surface area contributed by atoms with Crippen molar-refractivity contribution >= 4 is 11.8 Å². The molecule has 0 unspecified atom stereocenters. The van der Waals surface area contributed by atoms with E-state index >= 15 is 0 Å². The molecule has 7 heteroatoms. The van der Waals surface area contributed by atoms with Crippen LogP contribution < -0.4 is 5.73 Å². The Balaban J connectivity index is 1.91. The van der Waals surface area contributed by atoms with E-state index < -0.39 is 0 Å². The van der Waals surface area contributed by atoms with Crippen LogP contribution in [-0.2, 0) is 25.3 Å². The minimum absolute atomic E-state index is 0.0345. The summed E-state index contributed by atoms with van der Waals surface area (Å²) in [5.41, 5.74) is 9.33. The number of carbonyl (C=O) groups excluding carboxylic acids is 2. The lowest BCUT2D eigenvalue weighted by atomic mass is 9.89. The van der Waals surface area contributed by atoms with E-state index in [0.29, 0.717) is 18.7 Å². The number of hydrogen-bond donors (Lipinski definition) is 1. The molecule has 2 aromatic rings. The molecule has 0 saturated carbocycles.